The van der Waals surface area contributed by atoms with Crippen LogP contribution in [0.5, 0.6) is 0 Å². The first-order valence-electron chi connectivity index (χ1n) is 3.81. The van der Waals surface area contributed by atoms with Crippen LogP contribution in [0.1, 0.15) is 13.3 Å². The minimum atomic E-state index is 0.0833. The second-order valence-electron chi connectivity index (χ2n) is 2.53. The lowest BCUT2D eigenvalue weighted by molar-refractivity contribution is -0.118. The van der Waals surface area contributed by atoms with Crippen molar-refractivity contribution in [2.75, 3.05) is 19.6 Å². The van der Waals surface area contributed by atoms with E-state index in [4.69, 9.17) is 0 Å². The third kappa shape index (κ3) is 1.78. The van der Waals surface area contributed by atoms with Crippen LogP contribution in [0.2, 0.25) is 0 Å². The quantitative estimate of drug-likeness (QED) is 0.559. The third-order valence-electron chi connectivity index (χ3n) is 1.75. The first-order chi connectivity index (χ1) is 4.84. The molecule has 0 amide bonds. The van der Waals surface area contributed by atoms with Crippen LogP contribution in [0.25, 0.3) is 0 Å². The molecule has 0 radical (unpaired) electrons. The first kappa shape index (κ1) is 7.69. The van der Waals surface area contributed by atoms with Gasteiger partial charge in [-0.15, -0.1) is 0 Å². The maximum Gasteiger partial charge on any atom is 0.152 e. The first-order valence-corrected chi connectivity index (χ1v) is 3.81. The van der Waals surface area contributed by atoms with E-state index in [0.29, 0.717) is 12.2 Å². The zero-order chi connectivity index (χ0) is 7.40. The minimum absolute atomic E-state index is 0.0833. The lowest BCUT2D eigenvalue weighted by atomic mass is 10.2. The largest absolute Gasteiger partial charge is 0.315 e. The van der Waals surface area contributed by atoms with Gasteiger partial charge in [0.15, 0.2) is 5.78 Å². The Bertz CT molecular complexity index is 125. The summed E-state index contributed by atoms with van der Waals surface area (Å²) in [7, 11) is 0. The lowest BCUT2D eigenvalue weighted by Gasteiger charge is -2.07. The van der Waals surface area contributed by atoms with Crippen LogP contribution in [-0.4, -0.2) is 31.5 Å². The third-order valence-corrected chi connectivity index (χ3v) is 1.75. The van der Waals surface area contributed by atoms with E-state index in [-0.39, 0.29) is 6.04 Å². The number of hydrogen-bond donors (Lipinski definition) is 2. The molecule has 1 unspecified atom stereocenters. The van der Waals surface area contributed by atoms with Gasteiger partial charge in [0, 0.05) is 19.5 Å². The second-order valence-corrected chi connectivity index (χ2v) is 2.53. The van der Waals surface area contributed by atoms with E-state index >= 15 is 0 Å². The summed E-state index contributed by atoms with van der Waals surface area (Å²) in [6.45, 7) is 4.62. The van der Waals surface area contributed by atoms with Crippen molar-refractivity contribution in [1.82, 2.24) is 10.6 Å². The lowest BCUT2D eigenvalue weighted by Crippen LogP contribution is -2.37. The highest BCUT2D eigenvalue weighted by atomic mass is 16.1. The van der Waals surface area contributed by atoms with Crippen molar-refractivity contribution in [1.29, 1.82) is 0 Å². The summed E-state index contributed by atoms with van der Waals surface area (Å²) in [6.07, 6.45) is 0.704. The number of carbonyl (C=O) groups excluding carboxylic acids is 1. The molecule has 0 aliphatic carbocycles. The van der Waals surface area contributed by atoms with Crippen LogP contribution in [-0.2, 0) is 4.79 Å². The predicted molar refractivity (Wildman–Crippen MR) is 40.0 cm³/mol. The molecule has 0 aromatic rings. The number of carbonyl (C=O) groups is 1. The van der Waals surface area contributed by atoms with Crippen LogP contribution in [0, 0.1) is 0 Å². The molecule has 1 rings (SSSR count). The molecule has 58 valence electrons. The molecule has 1 atom stereocenters. The van der Waals surface area contributed by atoms with Crippen LogP contribution in [0.4, 0.5) is 0 Å². The molecule has 1 heterocycles. The fourth-order valence-electron chi connectivity index (χ4n) is 1.13. The second kappa shape index (κ2) is 3.68. The van der Waals surface area contributed by atoms with E-state index < -0.39 is 0 Å². The van der Waals surface area contributed by atoms with Gasteiger partial charge in [0.25, 0.3) is 0 Å². The van der Waals surface area contributed by atoms with E-state index in [0.717, 1.165) is 19.6 Å². The number of hydrogen-bond acceptors (Lipinski definition) is 3. The monoisotopic (exact) mass is 142 g/mol. The summed E-state index contributed by atoms with van der Waals surface area (Å²) in [5.74, 6) is 0.348. The Morgan fingerprint density at radius 3 is 3.10 bits per heavy atom. The summed E-state index contributed by atoms with van der Waals surface area (Å²) in [4.78, 5) is 11.0. The molecule has 0 aromatic carbocycles. The summed E-state index contributed by atoms with van der Waals surface area (Å²) < 4.78 is 0. The topological polar surface area (TPSA) is 41.1 Å². The maximum atomic E-state index is 11.0. The van der Waals surface area contributed by atoms with Crippen molar-refractivity contribution in [3.8, 4) is 0 Å². The number of Topliss-reactive ketones (excluding diaryl/α,β-unsaturated/α-hetero) is 1. The van der Waals surface area contributed by atoms with Crippen molar-refractivity contribution in [3.05, 3.63) is 0 Å². The van der Waals surface area contributed by atoms with Crippen LogP contribution in [0.15, 0.2) is 0 Å². The molecule has 2 N–H and O–H groups in total. The molecule has 3 heteroatoms. The molecule has 1 aliphatic rings. The average Bonchev–Trinajstić information content (AvgIpc) is 2.31. The zero-order valence-electron chi connectivity index (χ0n) is 6.31. The fourth-order valence-corrected chi connectivity index (χ4v) is 1.13. The highest BCUT2D eigenvalue weighted by molar-refractivity contribution is 5.86. The van der Waals surface area contributed by atoms with Crippen molar-refractivity contribution in [2.24, 2.45) is 0 Å². The maximum absolute atomic E-state index is 11.0. The van der Waals surface area contributed by atoms with E-state index in [1.807, 2.05) is 6.92 Å². The summed E-state index contributed by atoms with van der Waals surface area (Å²) in [6, 6.07) is 0.0833. The smallest absolute Gasteiger partial charge is 0.152 e. The Labute approximate surface area is 61.2 Å². The standard InChI is InChI=1S/C7H14N2O/c1-2-8-5-6-7(10)3-4-9-6/h6,8-9H,2-5H2,1H3. The summed E-state index contributed by atoms with van der Waals surface area (Å²) in [5, 5.41) is 6.27. The Morgan fingerprint density at radius 2 is 2.60 bits per heavy atom. The molecular formula is C7H14N2O. The molecule has 10 heavy (non-hydrogen) atoms. The molecule has 0 bridgehead atoms. The fraction of sp³-hybridized carbons (Fsp3) is 0.857. The number of rotatable bonds is 3. The number of likely N-dealkylation sites (N-methyl/N-ethyl adjacent to an activating group) is 1. The molecule has 3 nitrogen and oxygen atoms in total. The van der Waals surface area contributed by atoms with Crippen LogP contribution >= 0.6 is 0 Å². The van der Waals surface area contributed by atoms with Crippen LogP contribution in [0.3, 0.4) is 0 Å². The van der Waals surface area contributed by atoms with Crippen molar-refractivity contribution in [3.63, 3.8) is 0 Å². The summed E-state index contributed by atoms with van der Waals surface area (Å²) in [5.41, 5.74) is 0. The Hall–Kier alpha value is -0.410. The highest BCUT2D eigenvalue weighted by Crippen LogP contribution is 1.98. The highest BCUT2D eigenvalue weighted by Gasteiger charge is 2.22. The van der Waals surface area contributed by atoms with Gasteiger partial charge in [-0.1, -0.05) is 6.92 Å². The Morgan fingerprint density at radius 1 is 1.80 bits per heavy atom. The van der Waals surface area contributed by atoms with Gasteiger partial charge < -0.3 is 10.6 Å². The normalized spacial score (nSPS) is 25.7. The zero-order valence-corrected chi connectivity index (χ0v) is 6.31. The van der Waals surface area contributed by atoms with Gasteiger partial charge in [0.2, 0.25) is 0 Å². The van der Waals surface area contributed by atoms with Gasteiger partial charge in [-0.2, -0.15) is 0 Å². The predicted octanol–water partition coefficient (Wildman–Crippen LogP) is -0.473. The van der Waals surface area contributed by atoms with Crippen molar-refractivity contribution >= 4 is 5.78 Å². The molecule has 1 aliphatic heterocycles. The number of nitrogens with one attached hydrogen (secondary N) is 2. The van der Waals surface area contributed by atoms with E-state index in [9.17, 15) is 4.79 Å². The average molecular weight is 142 g/mol. The van der Waals surface area contributed by atoms with E-state index in [2.05, 4.69) is 10.6 Å². The van der Waals surface area contributed by atoms with Gasteiger partial charge in [-0.3, -0.25) is 4.79 Å². The molecular weight excluding hydrogens is 128 g/mol. The van der Waals surface area contributed by atoms with Gasteiger partial charge in [0.1, 0.15) is 0 Å². The van der Waals surface area contributed by atoms with Gasteiger partial charge in [0.05, 0.1) is 6.04 Å². The van der Waals surface area contributed by atoms with Crippen LogP contribution < -0.4 is 10.6 Å². The van der Waals surface area contributed by atoms with Crippen molar-refractivity contribution < 1.29 is 4.79 Å². The Balaban J connectivity index is 2.20. The summed E-state index contributed by atoms with van der Waals surface area (Å²) >= 11 is 0. The molecule has 1 fully saturated rings. The number of ketones is 1. The van der Waals surface area contributed by atoms with Crippen molar-refractivity contribution in [2.45, 2.75) is 19.4 Å². The van der Waals surface area contributed by atoms with Gasteiger partial charge in [-0.25, -0.2) is 0 Å². The molecule has 0 saturated carbocycles. The molecule has 0 spiro atoms. The SMILES string of the molecule is CCNCC1NCCC1=O. The molecule has 1 saturated heterocycles. The molecule has 0 aromatic heterocycles. The van der Waals surface area contributed by atoms with Gasteiger partial charge in [-0.05, 0) is 6.54 Å². The van der Waals surface area contributed by atoms with E-state index in [1.54, 1.807) is 0 Å². The Kier molecular flexibility index (Phi) is 2.83. The minimum Gasteiger partial charge on any atom is -0.315 e. The van der Waals surface area contributed by atoms with E-state index in [1.165, 1.54) is 0 Å². The van der Waals surface area contributed by atoms with Gasteiger partial charge >= 0.3 is 0 Å².